The van der Waals surface area contributed by atoms with Crippen molar-refractivity contribution < 1.29 is 14.3 Å². The number of hydrogen-bond donors (Lipinski definition) is 0. The number of rotatable bonds is 3. The Morgan fingerprint density at radius 3 is 2.59 bits per heavy atom. The molecule has 2 aromatic rings. The van der Waals surface area contributed by atoms with Crippen LogP contribution >= 0.6 is 15.9 Å². The van der Waals surface area contributed by atoms with E-state index in [1.165, 1.54) is 0 Å². The summed E-state index contributed by atoms with van der Waals surface area (Å²) in [5.41, 5.74) is 3.30. The minimum Gasteiger partial charge on any atom is -0.426 e. The second-order valence-corrected chi connectivity index (χ2v) is 8.85. The zero-order chi connectivity index (χ0) is 19.2. The molecule has 1 atom stereocenters. The van der Waals surface area contributed by atoms with Crippen LogP contribution in [0.4, 0.5) is 0 Å². The van der Waals surface area contributed by atoms with Gasteiger partial charge in [-0.05, 0) is 50.5 Å². The number of benzene rings is 2. The third-order valence-corrected chi connectivity index (χ3v) is 6.68. The Bertz CT molecular complexity index is 925. The number of carbonyl (C=O) groups excluding carboxylic acids is 2. The van der Waals surface area contributed by atoms with Crippen molar-refractivity contribution in [2.45, 2.75) is 51.9 Å². The molecule has 2 aliphatic rings. The normalized spacial score (nSPS) is 20.4. The molecule has 140 valence electrons. The van der Waals surface area contributed by atoms with Gasteiger partial charge < -0.3 is 4.74 Å². The fourth-order valence-corrected chi connectivity index (χ4v) is 5.19. The van der Waals surface area contributed by atoms with E-state index in [1.807, 2.05) is 50.2 Å². The first kappa shape index (κ1) is 18.4. The summed E-state index contributed by atoms with van der Waals surface area (Å²) in [5, 5.41) is 0. The highest BCUT2D eigenvalue weighted by Crippen LogP contribution is 2.56. The highest BCUT2D eigenvalue weighted by molar-refractivity contribution is 9.10. The van der Waals surface area contributed by atoms with E-state index in [0.717, 1.165) is 52.4 Å². The van der Waals surface area contributed by atoms with Crippen molar-refractivity contribution in [2.24, 2.45) is 5.41 Å². The Hall–Kier alpha value is -1.94. The van der Waals surface area contributed by atoms with E-state index in [1.54, 1.807) is 0 Å². The van der Waals surface area contributed by atoms with Crippen LogP contribution < -0.4 is 4.74 Å². The van der Waals surface area contributed by atoms with E-state index in [0.29, 0.717) is 12.2 Å². The molecule has 1 aliphatic carbocycles. The number of halogens is 1. The van der Waals surface area contributed by atoms with Crippen molar-refractivity contribution in [1.29, 1.82) is 0 Å². The molecule has 1 aliphatic heterocycles. The van der Waals surface area contributed by atoms with Gasteiger partial charge in [0, 0.05) is 27.9 Å². The Labute approximate surface area is 168 Å². The molecule has 0 saturated heterocycles. The monoisotopic (exact) mass is 426 g/mol. The number of carbonyl (C=O) groups is 2. The van der Waals surface area contributed by atoms with Crippen LogP contribution in [-0.4, -0.2) is 11.8 Å². The SMILES string of the molecule is Cc1ccc(C(=O)CC2c3cc(Br)ccc3OC(=O)C23CCCC3)c(C)c1. The fraction of sp³-hybridized carbons (Fsp3) is 0.391. The third kappa shape index (κ3) is 3.14. The summed E-state index contributed by atoms with van der Waals surface area (Å²) in [7, 11) is 0. The molecule has 4 heteroatoms. The minimum absolute atomic E-state index is 0.101. The molecule has 1 heterocycles. The van der Waals surface area contributed by atoms with E-state index < -0.39 is 5.41 Å². The van der Waals surface area contributed by atoms with Crippen LogP contribution in [-0.2, 0) is 4.79 Å². The first-order valence-electron chi connectivity index (χ1n) is 9.53. The van der Waals surface area contributed by atoms with Crippen molar-refractivity contribution in [3.8, 4) is 5.75 Å². The summed E-state index contributed by atoms with van der Waals surface area (Å²) >= 11 is 3.54. The number of ether oxygens (including phenoxy) is 1. The predicted molar refractivity (Wildman–Crippen MR) is 108 cm³/mol. The van der Waals surface area contributed by atoms with Gasteiger partial charge >= 0.3 is 5.97 Å². The Balaban J connectivity index is 1.76. The topological polar surface area (TPSA) is 43.4 Å². The maximum atomic E-state index is 13.2. The fourth-order valence-electron chi connectivity index (χ4n) is 4.81. The van der Waals surface area contributed by atoms with Gasteiger partial charge in [0.25, 0.3) is 0 Å². The molecule has 4 rings (SSSR count). The van der Waals surface area contributed by atoms with Crippen molar-refractivity contribution in [2.75, 3.05) is 0 Å². The van der Waals surface area contributed by atoms with Gasteiger partial charge in [-0.2, -0.15) is 0 Å². The van der Waals surface area contributed by atoms with Crippen LogP contribution in [0.5, 0.6) is 5.75 Å². The molecule has 0 radical (unpaired) electrons. The van der Waals surface area contributed by atoms with E-state index in [9.17, 15) is 9.59 Å². The van der Waals surface area contributed by atoms with Gasteiger partial charge in [-0.15, -0.1) is 0 Å². The van der Waals surface area contributed by atoms with Crippen molar-refractivity contribution in [3.63, 3.8) is 0 Å². The maximum Gasteiger partial charge on any atom is 0.318 e. The first-order valence-corrected chi connectivity index (χ1v) is 10.3. The van der Waals surface area contributed by atoms with E-state index in [2.05, 4.69) is 15.9 Å². The summed E-state index contributed by atoms with van der Waals surface area (Å²) in [5.74, 6) is 0.402. The maximum absolute atomic E-state index is 13.2. The van der Waals surface area contributed by atoms with Crippen molar-refractivity contribution >= 4 is 27.7 Å². The van der Waals surface area contributed by atoms with Crippen molar-refractivity contribution in [1.82, 2.24) is 0 Å². The van der Waals surface area contributed by atoms with Gasteiger partial charge in [-0.1, -0.05) is 52.5 Å². The van der Waals surface area contributed by atoms with Gasteiger partial charge in [0.05, 0.1) is 5.41 Å². The standard InChI is InChI=1S/C23H23BrO3/c1-14-5-7-17(15(2)11-14)20(25)13-19-18-12-16(24)6-8-21(18)27-22(26)23(19)9-3-4-10-23/h5-8,11-12,19H,3-4,9-10,13H2,1-2H3. The molecule has 1 spiro atoms. The summed E-state index contributed by atoms with van der Waals surface area (Å²) in [6.45, 7) is 4.00. The highest BCUT2D eigenvalue weighted by atomic mass is 79.9. The Kier molecular flexibility index (Phi) is 4.71. The molecule has 3 nitrogen and oxygen atoms in total. The Morgan fingerprint density at radius 1 is 1.15 bits per heavy atom. The summed E-state index contributed by atoms with van der Waals surface area (Å²) in [4.78, 5) is 26.2. The van der Waals surface area contributed by atoms with Gasteiger partial charge in [-0.25, -0.2) is 0 Å². The van der Waals surface area contributed by atoms with Crippen molar-refractivity contribution in [3.05, 3.63) is 63.1 Å². The molecular weight excluding hydrogens is 404 g/mol. The average molecular weight is 427 g/mol. The van der Waals surface area contributed by atoms with Crippen LogP contribution in [0.1, 0.15) is 65.1 Å². The largest absolute Gasteiger partial charge is 0.426 e. The summed E-state index contributed by atoms with van der Waals surface area (Å²) in [6.07, 6.45) is 3.94. The van der Waals surface area contributed by atoms with Crippen LogP contribution in [0.15, 0.2) is 40.9 Å². The molecule has 27 heavy (non-hydrogen) atoms. The second kappa shape index (κ2) is 6.90. The molecule has 0 aromatic heterocycles. The Morgan fingerprint density at radius 2 is 1.89 bits per heavy atom. The molecule has 2 aromatic carbocycles. The van der Waals surface area contributed by atoms with Gasteiger partial charge in [0.15, 0.2) is 5.78 Å². The van der Waals surface area contributed by atoms with Gasteiger partial charge in [0.2, 0.25) is 0 Å². The first-order chi connectivity index (χ1) is 12.9. The number of hydrogen-bond acceptors (Lipinski definition) is 3. The molecule has 1 saturated carbocycles. The summed E-state index contributed by atoms with van der Waals surface area (Å²) in [6, 6.07) is 11.7. The second-order valence-electron chi connectivity index (χ2n) is 7.93. The molecular formula is C23H23BrO3. The summed E-state index contributed by atoms with van der Waals surface area (Å²) < 4.78 is 6.65. The molecule has 1 fully saturated rings. The lowest BCUT2D eigenvalue weighted by atomic mass is 9.66. The highest BCUT2D eigenvalue weighted by Gasteiger charge is 2.53. The number of fused-ring (bicyclic) bond motifs is 1. The van der Waals surface area contributed by atoms with E-state index in [4.69, 9.17) is 4.74 Å². The van der Waals surface area contributed by atoms with Gasteiger partial charge in [-0.3, -0.25) is 9.59 Å². The van der Waals surface area contributed by atoms with Crippen LogP contribution in [0.25, 0.3) is 0 Å². The quantitative estimate of drug-likeness (QED) is 0.348. The molecule has 0 N–H and O–H groups in total. The van der Waals surface area contributed by atoms with Gasteiger partial charge in [0.1, 0.15) is 5.75 Å². The lowest BCUT2D eigenvalue weighted by molar-refractivity contribution is -0.149. The van der Waals surface area contributed by atoms with Crippen LogP contribution in [0.2, 0.25) is 0 Å². The van der Waals surface area contributed by atoms with Crippen LogP contribution in [0, 0.1) is 19.3 Å². The number of ketones is 1. The van der Waals surface area contributed by atoms with Crippen LogP contribution in [0.3, 0.4) is 0 Å². The predicted octanol–water partition coefficient (Wildman–Crippen LogP) is 5.90. The smallest absolute Gasteiger partial charge is 0.318 e. The molecule has 0 amide bonds. The number of Topliss-reactive ketones (excluding diaryl/α,β-unsaturated/α-hetero) is 1. The third-order valence-electron chi connectivity index (χ3n) is 6.19. The molecule has 1 unspecified atom stereocenters. The zero-order valence-corrected chi connectivity index (χ0v) is 17.3. The molecule has 0 bridgehead atoms. The van der Waals surface area contributed by atoms with E-state index >= 15 is 0 Å². The minimum atomic E-state index is -0.567. The lowest BCUT2D eigenvalue weighted by Crippen LogP contribution is -2.42. The zero-order valence-electron chi connectivity index (χ0n) is 15.7. The number of aryl methyl sites for hydroxylation is 2. The average Bonchev–Trinajstić information content (AvgIpc) is 3.10. The van der Waals surface area contributed by atoms with E-state index in [-0.39, 0.29) is 17.7 Å². The number of esters is 1. The lowest BCUT2D eigenvalue weighted by Gasteiger charge is -2.40.